The van der Waals surface area contributed by atoms with E-state index in [4.69, 9.17) is 0 Å². The zero-order chi connectivity index (χ0) is 13.7. The van der Waals surface area contributed by atoms with E-state index in [1.54, 1.807) is 31.5 Å². The van der Waals surface area contributed by atoms with Crippen LogP contribution in [-0.2, 0) is 4.79 Å². The molecule has 4 nitrogen and oxygen atoms in total. The molecule has 0 aromatic carbocycles. The summed E-state index contributed by atoms with van der Waals surface area (Å²) in [5.74, 6) is 0.150. The fraction of sp³-hybridized carbons (Fsp3) is 0.533. The first-order valence-corrected chi connectivity index (χ1v) is 6.89. The highest BCUT2D eigenvalue weighted by Crippen LogP contribution is 2.21. The summed E-state index contributed by atoms with van der Waals surface area (Å²) in [6.45, 7) is 2.34. The lowest BCUT2D eigenvalue weighted by Crippen LogP contribution is -2.41. The predicted molar refractivity (Wildman–Crippen MR) is 72.8 cm³/mol. The molecule has 102 valence electrons. The quantitative estimate of drug-likeness (QED) is 0.838. The first kappa shape index (κ1) is 13.7. The van der Waals surface area contributed by atoms with Crippen LogP contribution in [-0.4, -0.2) is 34.2 Å². The SMILES string of the molecule is CC(=O)CC1CCCCCN1C(=O)c1cccnc1. The molecule has 0 spiro atoms. The van der Waals surface area contributed by atoms with Crippen molar-refractivity contribution in [2.75, 3.05) is 6.54 Å². The average Bonchev–Trinajstić information content (AvgIpc) is 2.64. The molecule has 1 aliphatic rings. The number of aromatic nitrogens is 1. The van der Waals surface area contributed by atoms with Gasteiger partial charge in [0.1, 0.15) is 5.78 Å². The maximum atomic E-state index is 12.5. The minimum Gasteiger partial charge on any atom is -0.335 e. The molecule has 0 bridgehead atoms. The summed E-state index contributed by atoms with van der Waals surface area (Å²) in [6, 6.07) is 3.60. The fourth-order valence-electron chi connectivity index (χ4n) is 2.64. The molecule has 0 saturated carbocycles. The van der Waals surface area contributed by atoms with Gasteiger partial charge in [0, 0.05) is 31.4 Å². The van der Waals surface area contributed by atoms with Crippen molar-refractivity contribution in [1.82, 2.24) is 9.88 Å². The zero-order valence-corrected chi connectivity index (χ0v) is 11.3. The van der Waals surface area contributed by atoms with E-state index in [0.717, 1.165) is 32.2 Å². The molecule has 1 aliphatic heterocycles. The van der Waals surface area contributed by atoms with E-state index >= 15 is 0 Å². The fourth-order valence-corrected chi connectivity index (χ4v) is 2.64. The molecule has 0 aliphatic carbocycles. The topological polar surface area (TPSA) is 50.3 Å². The molecular weight excluding hydrogens is 240 g/mol. The third-order valence-corrected chi connectivity index (χ3v) is 3.57. The van der Waals surface area contributed by atoms with Gasteiger partial charge in [0.2, 0.25) is 0 Å². The number of ketones is 1. The van der Waals surface area contributed by atoms with Crippen molar-refractivity contribution in [3.63, 3.8) is 0 Å². The second-order valence-corrected chi connectivity index (χ2v) is 5.15. The first-order chi connectivity index (χ1) is 9.18. The number of nitrogens with zero attached hydrogens (tertiary/aromatic N) is 2. The van der Waals surface area contributed by atoms with E-state index in [1.807, 2.05) is 4.90 Å². The van der Waals surface area contributed by atoms with Gasteiger partial charge < -0.3 is 4.90 Å². The number of likely N-dealkylation sites (tertiary alicyclic amines) is 1. The Morgan fingerprint density at radius 3 is 2.89 bits per heavy atom. The number of hydrogen-bond donors (Lipinski definition) is 0. The number of pyridine rings is 1. The van der Waals surface area contributed by atoms with Gasteiger partial charge in [-0.25, -0.2) is 0 Å². The van der Waals surface area contributed by atoms with Gasteiger partial charge in [-0.15, -0.1) is 0 Å². The Balaban J connectivity index is 2.17. The van der Waals surface area contributed by atoms with Gasteiger partial charge in [-0.2, -0.15) is 0 Å². The Bertz CT molecular complexity index is 445. The Labute approximate surface area is 113 Å². The number of carbonyl (C=O) groups excluding carboxylic acids is 2. The van der Waals surface area contributed by atoms with E-state index in [9.17, 15) is 9.59 Å². The summed E-state index contributed by atoms with van der Waals surface area (Å²) in [7, 11) is 0. The monoisotopic (exact) mass is 260 g/mol. The van der Waals surface area contributed by atoms with Crippen molar-refractivity contribution in [2.45, 2.75) is 45.1 Å². The first-order valence-electron chi connectivity index (χ1n) is 6.89. The van der Waals surface area contributed by atoms with E-state index in [1.165, 1.54) is 0 Å². The zero-order valence-electron chi connectivity index (χ0n) is 11.3. The van der Waals surface area contributed by atoms with Crippen molar-refractivity contribution in [2.24, 2.45) is 0 Å². The van der Waals surface area contributed by atoms with Crippen molar-refractivity contribution in [3.05, 3.63) is 30.1 Å². The van der Waals surface area contributed by atoms with E-state index in [-0.39, 0.29) is 17.7 Å². The molecule has 1 aromatic rings. The number of hydrogen-bond acceptors (Lipinski definition) is 3. The Kier molecular flexibility index (Phi) is 4.66. The summed E-state index contributed by atoms with van der Waals surface area (Å²) < 4.78 is 0. The summed E-state index contributed by atoms with van der Waals surface area (Å²) in [6.07, 6.45) is 7.88. The lowest BCUT2D eigenvalue weighted by molar-refractivity contribution is -0.118. The lowest BCUT2D eigenvalue weighted by atomic mass is 10.0. The molecule has 0 radical (unpaired) electrons. The molecule has 19 heavy (non-hydrogen) atoms. The van der Waals surface area contributed by atoms with Gasteiger partial charge in [-0.1, -0.05) is 12.8 Å². The molecule has 2 heterocycles. The maximum absolute atomic E-state index is 12.5. The van der Waals surface area contributed by atoms with Crippen LogP contribution in [0, 0.1) is 0 Å². The van der Waals surface area contributed by atoms with Gasteiger partial charge in [0.05, 0.1) is 5.56 Å². The minimum absolute atomic E-state index is 0.00116. The van der Waals surface area contributed by atoms with Crippen LogP contribution in [0.25, 0.3) is 0 Å². The van der Waals surface area contributed by atoms with Gasteiger partial charge in [0.25, 0.3) is 5.91 Å². The second kappa shape index (κ2) is 6.45. The maximum Gasteiger partial charge on any atom is 0.255 e. The highest BCUT2D eigenvalue weighted by Gasteiger charge is 2.27. The molecule has 1 atom stereocenters. The normalized spacial score (nSPS) is 19.8. The van der Waals surface area contributed by atoms with Gasteiger partial charge in [0.15, 0.2) is 0 Å². The Morgan fingerprint density at radius 2 is 2.21 bits per heavy atom. The summed E-state index contributed by atoms with van der Waals surface area (Å²) in [5, 5.41) is 0. The van der Waals surface area contributed by atoms with E-state index in [0.29, 0.717) is 12.0 Å². The van der Waals surface area contributed by atoms with Crippen molar-refractivity contribution in [1.29, 1.82) is 0 Å². The number of carbonyl (C=O) groups is 2. The number of Topliss-reactive ketones (excluding diaryl/α,β-unsaturated/α-hetero) is 1. The van der Waals surface area contributed by atoms with Gasteiger partial charge >= 0.3 is 0 Å². The largest absolute Gasteiger partial charge is 0.335 e. The Morgan fingerprint density at radius 1 is 1.37 bits per heavy atom. The Hall–Kier alpha value is -1.71. The molecule has 1 saturated heterocycles. The second-order valence-electron chi connectivity index (χ2n) is 5.15. The van der Waals surface area contributed by atoms with Crippen LogP contribution in [0.1, 0.15) is 49.4 Å². The molecule has 0 N–H and O–H groups in total. The third kappa shape index (κ3) is 3.63. The van der Waals surface area contributed by atoms with Gasteiger partial charge in [-0.3, -0.25) is 14.6 Å². The van der Waals surface area contributed by atoms with Crippen LogP contribution < -0.4 is 0 Å². The highest BCUT2D eigenvalue weighted by atomic mass is 16.2. The number of amides is 1. The van der Waals surface area contributed by atoms with Crippen LogP contribution in [0.5, 0.6) is 0 Å². The predicted octanol–water partition coefficient (Wildman–Crippen LogP) is 2.45. The van der Waals surface area contributed by atoms with Gasteiger partial charge in [-0.05, 0) is 31.9 Å². The molecule has 1 aromatic heterocycles. The molecule has 1 fully saturated rings. The van der Waals surface area contributed by atoms with Crippen LogP contribution in [0.15, 0.2) is 24.5 Å². The smallest absolute Gasteiger partial charge is 0.255 e. The standard InChI is InChI=1S/C15H20N2O2/c1-12(18)10-14-7-3-2-4-9-17(14)15(19)13-6-5-8-16-11-13/h5-6,8,11,14H,2-4,7,9-10H2,1H3. The highest BCUT2D eigenvalue weighted by molar-refractivity contribution is 5.94. The minimum atomic E-state index is 0.00116. The van der Waals surface area contributed by atoms with E-state index < -0.39 is 0 Å². The molecule has 2 rings (SSSR count). The molecule has 4 heteroatoms. The molecule has 1 unspecified atom stereocenters. The summed E-state index contributed by atoms with van der Waals surface area (Å²) in [4.78, 5) is 29.8. The molecule has 1 amide bonds. The van der Waals surface area contributed by atoms with Crippen LogP contribution in [0.2, 0.25) is 0 Å². The van der Waals surface area contributed by atoms with Crippen LogP contribution in [0.3, 0.4) is 0 Å². The molecular formula is C15H20N2O2. The van der Waals surface area contributed by atoms with Crippen molar-refractivity contribution < 1.29 is 9.59 Å². The number of rotatable bonds is 3. The van der Waals surface area contributed by atoms with Crippen LogP contribution in [0.4, 0.5) is 0 Å². The average molecular weight is 260 g/mol. The lowest BCUT2D eigenvalue weighted by Gasteiger charge is -2.29. The van der Waals surface area contributed by atoms with Crippen molar-refractivity contribution in [3.8, 4) is 0 Å². The summed E-state index contributed by atoms with van der Waals surface area (Å²) >= 11 is 0. The van der Waals surface area contributed by atoms with E-state index in [2.05, 4.69) is 4.98 Å². The third-order valence-electron chi connectivity index (χ3n) is 3.57. The van der Waals surface area contributed by atoms with Crippen LogP contribution >= 0.6 is 0 Å². The van der Waals surface area contributed by atoms with Crippen molar-refractivity contribution >= 4 is 11.7 Å². The summed E-state index contributed by atoms with van der Waals surface area (Å²) in [5.41, 5.74) is 0.609.